The lowest BCUT2D eigenvalue weighted by Gasteiger charge is -2.38. The highest BCUT2D eigenvalue weighted by atomic mass is 19.1. The van der Waals surface area contributed by atoms with Gasteiger partial charge < -0.3 is 9.64 Å². The van der Waals surface area contributed by atoms with E-state index < -0.39 is 11.6 Å². The summed E-state index contributed by atoms with van der Waals surface area (Å²) in [7, 11) is 0. The topological polar surface area (TPSA) is 29.5 Å². The zero-order chi connectivity index (χ0) is 16.6. The van der Waals surface area contributed by atoms with Gasteiger partial charge in [-0.05, 0) is 13.0 Å². The van der Waals surface area contributed by atoms with Crippen molar-refractivity contribution in [3.8, 4) is 5.75 Å². The first-order chi connectivity index (χ1) is 11.0. The van der Waals surface area contributed by atoms with Crippen molar-refractivity contribution in [2.75, 3.05) is 4.90 Å². The average molecular weight is 317 g/mol. The Hall–Kier alpha value is -2.43. The number of halogens is 2. The van der Waals surface area contributed by atoms with Crippen LogP contribution in [0.1, 0.15) is 31.9 Å². The molecule has 3 rings (SSSR count). The highest BCUT2D eigenvalue weighted by Gasteiger charge is 2.33. The molecular weight excluding hydrogens is 300 g/mol. The molecule has 5 heteroatoms. The van der Waals surface area contributed by atoms with Crippen LogP contribution in [0.25, 0.3) is 0 Å². The number of carbonyl (C=O) groups is 1. The summed E-state index contributed by atoms with van der Waals surface area (Å²) in [5, 5.41) is 0. The van der Waals surface area contributed by atoms with E-state index in [2.05, 4.69) is 0 Å². The van der Waals surface area contributed by atoms with E-state index in [0.29, 0.717) is 6.42 Å². The van der Waals surface area contributed by atoms with Crippen molar-refractivity contribution in [1.29, 1.82) is 0 Å². The molecule has 23 heavy (non-hydrogen) atoms. The number of anilines is 1. The van der Waals surface area contributed by atoms with Crippen LogP contribution in [0.3, 0.4) is 0 Å². The van der Waals surface area contributed by atoms with Crippen molar-refractivity contribution in [3.05, 3.63) is 59.7 Å². The van der Waals surface area contributed by atoms with Crippen LogP contribution >= 0.6 is 0 Å². The van der Waals surface area contributed by atoms with Gasteiger partial charge in [0.2, 0.25) is 5.91 Å². The van der Waals surface area contributed by atoms with Crippen LogP contribution in [-0.2, 0) is 4.79 Å². The van der Waals surface area contributed by atoms with Crippen LogP contribution in [0.5, 0.6) is 5.75 Å². The second kappa shape index (κ2) is 5.99. The number of amides is 1. The van der Waals surface area contributed by atoms with Gasteiger partial charge in [-0.25, -0.2) is 8.78 Å². The van der Waals surface area contributed by atoms with Crippen molar-refractivity contribution in [2.24, 2.45) is 0 Å². The lowest BCUT2D eigenvalue weighted by atomic mass is 9.93. The maximum Gasteiger partial charge on any atom is 0.224 e. The molecule has 0 N–H and O–H groups in total. The highest BCUT2D eigenvalue weighted by Crippen LogP contribution is 2.39. The normalized spacial score (nSPS) is 20.1. The third kappa shape index (κ3) is 3.04. The summed E-state index contributed by atoms with van der Waals surface area (Å²) in [4.78, 5) is 13.6. The SMILES string of the molecule is CC(=O)N1c2ccccc2[C@H](Oc2cc(F)cc(F)c2)C[C@@H]1C. The van der Waals surface area contributed by atoms with Gasteiger partial charge >= 0.3 is 0 Å². The van der Waals surface area contributed by atoms with E-state index in [1.807, 2.05) is 31.2 Å². The van der Waals surface area contributed by atoms with Gasteiger partial charge in [0, 0.05) is 43.1 Å². The molecule has 0 spiro atoms. The van der Waals surface area contributed by atoms with Crippen molar-refractivity contribution in [2.45, 2.75) is 32.4 Å². The zero-order valence-electron chi connectivity index (χ0n) is 12.9. The Morgan fingerprint density at radius 2 is 1.83 bits per heavy atom. The highest BCUT2D eigenvalue weighted by molar-refractivity contribution is 5.93. The fourth-order valence-electron chi connectivity index (χ4n) is 3.11. The minimum atomic E-state index is -0.678. The van der Waals surface area contributed by atoms with Crippen LogP contribution in [0, 0.1) is 11.6 Å². The van der Waals surface area contributed by atoms with Crippen LogP contribution in [0.2, 0.25) is 0 Å². The number of fused-ring (bicyclic) bond motifs is 1. The number of nitrogens with zero attached hydrogens (tertiary/aromatic N) is 1. The molecule has 1 heterocycles. The van der Waals surface area contributed by atoms with Crippen LogP contribution in [0.15, 0.2) is 42.5 Å². The molecule has 2 aromatic carbocycles. The monoisotopic (exact) mass is 317 g/mol. The third-order valence-corrected chi connectivity index (χ3v) is 3.99. The molecule has 3 nitrogen and oxygen atoms in total. The Bertz CT molecular complexity index is 727. The van der Waals surface area contributed by atoms with E-state index in [-0.39, 0.29) is 23.8 Å². The zero-order valence-corrected chi connectivity index (χ0v) is 12.9. The van der Waals surface area contributed by atoms with Crippen molar-refractivity contribution in [1.82, 2.24) is 0 Å². The molecule has 0 saturated heterocycles. The van der Waals surface area contributed by atoms with E-state index in [0.717, 1.165) is 29.4 Å². The van der Waals surface area contributed by atoms with E-state index in [9.17, 15) is 13.6 Å². The fourth-order valence-corrected chi connectivity index (χ4v) is 3.11. The van der Waals surface area contributed by atoms with E-state index in [1.165, 1.54) is 6.92 Å². The summed E-state index contributed by atoms with van der Waals surface area (Å²) >= 11 is 0. The molecule has 2 atom stereocenters. The molecule has 0 aromatic heterocycles. The molecule has 0 bridgehead atoms. The molecule has 1 aliphatic rings. The fraction of sp³-hybridized carbons (Fsp3) is 0.278. The molecule has 0 fully saturated rings. The lowest BCUT2D eigenvalue weighted by molar-refractivity contribution is -0.117. The largest absolute Gasteiger partial charge is 0.485 e. The average Bonchev–Trinajstić information content (AvgIpc) is 2.45. The smallest absolute Gasteiger partial charge is 0.224 e. The first kappa shape index (κ1) is 15.5. The van der Waals surface area contributed by atoms with Crippen molar-refractivity contribution >= 4 is 11.6 Å². The molecule has 0 unspecified atom stereocenters. The predicted molar refractivity (Wildman–Crippen MR) is 83.4 cm³/mol. The Morgan fingerprint density at radius 3 is 2.48 bits per heavy atom. The van der Waals surface area contributed by atoms with Gasteiger partial charge in [0.1, 0.15) is 23.5 Å². The number of hydrogen-bond donors (Lipinski definition) is 0. The molecule has 0 radical (unpaired) electrons. The number of para-hydroxylation sites is 1. The van der Waals surface area contributed by atoms with Gasteiger partial charge in [-0.1, -0.05) is 18.2 Å². The number of ether oxygens (including phenoxy) is 1. The Labute approximate surface area is 133 Å². The van der Waals surface area contributed by atoms with Gasteiger partial charge in [0.05, 0.1) is 5.69 Å². The molecule has 1 aliphatic heterocycles. The van der Waals surface area contributed by atoms with Gasteiger partial charge in [0.25, 0.3) is 0 Å². The van der Waals surface area contributed by atoms with Crippen LogP contribution in [-0.4, -0.2) is 11.9 Å². The molecule has 120 valence electrons. The van der Waals surface area contributed by atoms with Crippen LogP contribution < -0.4 is 9.64 Å². The summed E-state index contributed by atoms with van der Waals surface area (Å²) in [5.41, 5.74) is 1.62. The van der Waals surface area contributed by atoms with E-state index >= 15 is 0 Å². The van der Waals surface area contributed by atoms with Crippen LogP contribution in [0.4, 0.5) is 14.5 Å². The second-order valence-corrected chi connectivity index (χ2v) is 5.74. The summed E-state index contributed by atoms with van der Waals surface area (Å²) in [6.07, 6.45) is 0.187. The maximum atomic E-state index is 13.3. The van der Waals surface area contributed by atoms with Crippen molar-refractivity contribution < 1.29 is 18.3 Å². The number of rotatable bonds is 2. The van der Waals surface area contributed by atoms with Gasteiger partial charge in [0.15, 0.2) is 0 Å². The first-order valence-corrected chi connectivity index (χ1v) is 7.47. The van der Waals surface area contributed by atoms with Gasteiger partial charge in [-0.15, -0.1) is 0 Å². The molecule has 2 aromatic rings. The minimum Gasteiger partial charge on any atom is -0.485 e. The third-order valence-electron chi connectivity index (χ3n) is 3.99. The molecule has 0 saturated carbocycles. The van der Waals surface area contributed by atoms with Gasteiger partial charge in [-0.3, -0.25) is 4.79 Å². The number of benzene rings is 2. The number of hydrogen-bond acceptors (Lipinski definition) is 2. The van der Waals surface area contributed by atoms with Crippen molar-refractivity contribution in [3.63, 3.8) is 0 Å². The van der Waals surface area contributed by atoms with E-state index in [4.69, 9.17) is 4.74 Å². The summed E-state index contributed by atoms with van der Waals surface area (Å²) in [5.74, 6) is -1.25. The first-order valence-electron chi connectivity index (χ1n) is 7.47. The quantitative estimate of drug-likeness (QED) is 0.829. The minimum absolute atomic E-state index is 0.0415. The van der Waals surface area contributed by atoms with E-state index in [1.54, 1.807) is 4.90 Å². The summed E-state index contributed by atoms with van der Waals surface area (Å²) < 4.78 is 32.5. The molecular formula is C18H17F2NO2. The molecule has 0 aliphatic carbocycles. The Balaban J connectivity index is 1.97. The second-order valence-electron chi connectivity index (χ2n) is 5.74. The lowest BCUT2D eigenvalue weighted by Crippen LogP contribution is -2.42. The molecule has 1 amide bonds. The number of carbonyl (C=O) groups excluding carboxylic acids is 1. The predicted octanol–water partition coefficient (Wildman–Crippen LogP) is 4.23. The van der Waals surface area contributed by atoms with Gasteiger partial charge in [-0.2, -0.15) is 0 Å². The Kier molecular flexibility index (Phi) is 4.03. The standard InChI is InChI=1S/C18H17F2NO2/c1-11-7-18(23-15-9-13(19)8-14(20)10-15)16-5-3-4-6-17(16)21(11)12(2)22/h3-6,8-11,18H,7H2,1-2H3/t11-,18+/m0/s1. The maximum absolute atomic E-state index is 13.3. The summed E-state index contributed by atoms with van der Waals surface area (Å²) in [6.45, 7) is 3.45. The summed E-state index contributed by atoms with van der Waals surface area (Å²) in [6, 6.07) is 10.5. The Morgan fingerprint density at radius 1 is 1.17 bits per heavy atom.